The lowest BCUT2D eigenvalue weighted by Crippen LogP contribution is -2.46. The molecule has 1 saturated carbocycles. The number of hydrogen-bond donors (Lipinski definition) is 1. The van der Waals surface area contributed by atoms with Gasteiger partial charge in [0.05, 0.1) is 5.92 Å². The Morgan fingerprint density at radius 2 is 2.00 bits per heavy atom. The molecule has 0 radical (unpaired) electrons. The summed E-state index contributed by atoms with van der Waals surface area (Å²) < 4.78 is 0. The minimum absolute atomic E-state index is 0.0555. The van der Waals surface area contributed by atoms with Gasteiger partial charge in [-0.2, -0.15) is 0 Å². The predicted octanol–water partition coefficient (Wildman–Crippen LogP) is 2.92. The number of hydrogen-bond acceptors (Lipinski definition) is 2. The first-order valence-corrected chi connectivity index (χ1v) is 7.97. The van der Waals surface area contributed by atoms with Crippen molar-refractivity contribution in [3.63, 3.8) is 0 Å². The van der Waals surface area contributed by atoms with Crippen LogP contribution < -0.4 is 0 Å². The molecular weight excluding hydrogens is 254 g/mol. The van der Waals surface area contributed by atoms with Gasteiger partial charge in [-0.05, 0) is 43.9 Å². The van der Waals surface area contributed by atoms with Crippen molar-refractivity contribution in [2.24, 2.45) is 17.3 Å². The molecule has 1 aliphatic carbocycles. The number of carbonyl (C=O) groups is 2. The average molecular weight is 281 g/mol. The van der Waals surface area contributed by atoms with Crippen molar-refractivity contribution in [2.45, 2.75) is 58.8 Å². The van der Waals surface area contributed by atoms with Gasteiger partial charge in [-0.25, -0.2) is 0 Å². The summed E-state index contributed by atoms with van der Waals surface area (Å²) in [7, 11) is 0. The van der Waals surface area contributed by atoms with E-state index in [1.165, 1.54) is 12.8 Å². The molecule has 1 amide bonds. The second-order valence-electron chi connectivity index (χ2n) is 6.97. The molecule has 1 N–H and O–H groups in total. The van der Waals surface area contributed by atoms with Crippen LogP contribution in [0.15, 0.2) is 0 Å². The summed E-state index contributed by atoms with van der Waals surface area (Å²) in [6.45, 7) is 6.19. The van der Waals surface area contributed by atoms with Crippen LogP contribution in [-0.2, 0) is 9.59 Å². The van der Waals surface area contributed by atoms with E-state index in [1.54, 1.807) is 0 Å². The topological polar surface area (TPSA) is 57.6 Å². The Labute approximate surface area is 121 Å². The zero-order valence-corrected chi connectivity index (χ0v) is 12.7. The van der Waals surface area contributed by atoms with Gasteiger partial charge in [0.1, 0.15) is 0 Å². The molecule has 1 saturated heterocycles. The minimum atomic E-state index is -0.741. The number of carboxylic acid groups (broad SMARTS) is 1. The van der Waals surface area contributed by atoms with Gasteiger partial charge in [-0.15, -0.1) is 0 Å². The van der Waals surface area contributed by atoms with E-state index in [1.807, 2.05) is 4.90 Å². The van der Waals surface area contributed by atoms with Crippen LogP contribution in [0.3, 0.4) is 0 Å². The number of likely N-dealkylation sites (tertiary alicyclic amines) is 1. The standard InChI is InChI=1S/C16H27NO3/c1-3-7-16(2)8-4-9-17(11-16)14(18)12-5-6-13(10-12)15(19)20/h12-13H,3-11H2,1-2H3,(H,19,20)/t12-,13+,16?/m1/s1. The van der Waals surface area contributed by atoms with Crippen LogP contribution >= 0.6 is 0 Å². The SMILES string of the molecule is CCCC1(C)CCCN(C(=O)[C@@H]2CC[C@H](C(=O)O)C2)C1. The van der Waals surface area contributed by atoms with Crippen molar-refractivity contribution in [1.29, 1.82) is 0 Å². The predicted molar refractivity (Wildman–Crippen MR) is 77.3 cm³/mol. The van der Waals surface area contributed by atoms with Crippen LogP contribution in [0, 0.1) is 17.3 Å². The van der Waals surface area contributed by atoms with Gasteiger partial charge in [0.25, 0.3) is 0 Å². The van der Waals surface area contributed by atoms with E-state index in [9.17, 15) is 9.59 Å². The molecular formula is C16H27NO3. The highest BCUT2D eigenvalue weighted by molar-refractivity contribution is 5.81. The van der Waals surface area contributed by atoms with Crippen LogP contribution in [0.5, 0.6) is 0 Å². The van der Waals surface area contributed by atoms with Crippen molar-refractivity contribution in [1.82, 2.24) is 4.90 Å². The average Bonchev–Trinajstić information content (AvgIpc) is 2.87. The van der Waals surface area contributed by atoms with Crippen LogP contribution in [0.4, 0.5) is 0 Å². The maximum Gasteiger partial charge on any atom is 0.306 e. The van der Waals surface area contributed by atoms with Gasteiger partial charge >= 0.3 is 5.97 Å². The second kappa shape index (κ2) is 6.15. The Morgan fingerprint density at radius 1 is 1.30 bits per heavy atom. The Balaban J connectivity index is 1.94. The Hall–Kier alpha value is -1.06. The van der Waals surface area contributed by atoms with Crippen molar-refractivity contribution in [3.05, 3.63) is 0 Å². The number of piperidine rings is 1. The van der Waals surface area contributed by atoms with Crippen LogP contribution in [0.2, 0.25) is 0 Å². The van der Waals surface area contributed by atoms with Gasteiger partial charge in [0, 0.05) is 19.0 Å². The highest BCUT2D eigenvalue weighted by atomic mass is 16.4. The lowest BCUT2D eigenvalue weighted by atomic mass is 9.78. The summed E-state index contributed by atoms with van der Waals surface area (Å²) in [5, 5.41) is 9.05. The van der Waals surface area contributed by atoms with E-state index in [0.29, 0.717) is 12.8 Å². The Kier molecular flexibility index (Phi) is 4.71. The largest absolute Gasteiger partial charge is 0.481 e. The third-order valence-electron chi connectivity index (χ3n) is 5.08. The first kappa shape index (κ1) is 15.3. The summed E-state index contributed by atoms with van der Waals surface area (Å²) in [5.41, 5.74) is 0.257. The molecule has 1 heterocycles. The zero-order valence-electron chi connectivity index (χ0n) is 12.7. The van der Waals surface area contributed by atoms with Crippen molar-refractivity contribution in [2.75, 3.05) is 13.1 Å². The molecule has 114 valence electrons. The fourth-order valence-electron chi connectivity index (χ4n) is 4.00. The summed E-state index contributed by atoms with van der Waals surface area (Å²) in [6, 6.07) is 0. The molecule has 0 spiro atoms. The molecule has 4 heteroatoms. The summed E-state index contributed by atoms with van der Waals surface area (Å²) in [6.07, 6.45) is 6.55. The first-order chi connectivity index (χ1) is 9.45. The Bertz CT molecular complexity index is 378. The molecule has 1 unspecified atom stereocenters. The summed E-state index contributed by atoms with van der Waals surface area (Å²) in [5.74, 6) is -0.901. The number of carboxylic acids is 1. The second-order valence-corrected chi connectivity index (χ2v) is 6.97. The highest BCUT2D eigenvalue weighted by Crippen LogP contribution is 2.37. The molecule has 2 rings (SSSR count). The number of nitrogens with zero attached hydrogens (tertiary/aromatic N) is 1. The third kappa shape index (κ3) is 3.33. The van der Waals surface area contributed by atoms with E-state index < -0.39 is 5.97 Å². The molecule has 0 aromatic carbocycles. The van der Waals surface area contributed by atoms with E-state index in [2.05, 4.69) is 13.8 Å². The third-order valence-corrected chi connectivity index (χ3v) is 5.08. The normalized spacial score (nSPS) is 34.2. The van der Waals surface area contributed by atoms with E-state index in [4.69, 9.17) is 5.11 Å². The van der Waals surface area contributed by atoms with Gasteiger partial charge in [-0.1, -0.05) is 20.3 Å². The minimum Gasteiger partial charge on any atom is -0.481 e. The van der Waals surface area contributed by atoms with Crippen LogP contribution in [0.25, 0.3) is 0 Å². The fraction of sp³-hybridized carbons (Fsp3) is 0.875. The van der Waals surface area contributed by atoms with Gasteiger partial charge in [0.15, 0.2) is 0 Å². The van der Waals surface area contributed by atoms with Crippen molar-refractivity contribution >= 4 is 11.9 Å². The molecule has 20 heavy (non-hydrogen) atoms. The van der Waals surface area contributed by atoms with E-state index >= 15 is 0 Å². The lowest BCUT2D eigenvalue weighted by Gasteiger charge is -2.41. The molecule has 2 fully saturated rings. The number of aliphatic carboxylic acids is 1. The summed E-state index contributed by atoms with van der Waals surface area (Å²) >= 11 is 0. The smallest absolute Gasteiger partial charge is 0.306 e. The quantitative estimate of drug-likeness (QED) is 0.862. The maximum absolute atomic E-state index is 12.6. The Morgan fingerprint density at radius 3 is 2.60 bits per heavy atom. The van der Waals surface area contributed by atoms with Gasteiger partial charge < -0.3 is 10.0 Å². The molecule has 0 aromatic heterocycles. The summed E-state index contributed by atoms with van der Waals surface area (Å²) in [4.78, 5) is 25.6. The lowest BCUT2D eigenvalue weighted by molar-refractivity contribution is -0.142. The zero-order chi connectivity index (χ0) is 14.8. The molecule has 2 aliphatic rings. The molecule has 0 aromatic rings. The van der Waals surface area contributed by atoms with E-state index in [0.717, 1.165) is 32.4 Å². The number of carbonyl (C=O) groups excluding carboxylic acids is 1. The molecule has 1 aliphatic heterocycles. The first-order valence-electron chi connectivity index (χ1n) is 7.97. The fourth-order valence-corrected chi connectivity index (χ4v) is 4.00. The van der Waals surface area contributed by atoms with Crippen LogP contribution in [0.1, 0.15) is 58.8 Å². The highest BCUT2D eigenvalue weighted by Gasteiger charge is 2.39. The van der Waals surface area contributed by atoms with Crippen LogP contribution in [-0.4, -0.2) is 35.0 Å². The monoisotopic (exact) mass is 281 g/mol. The maximum atomic E-state index is 12.6. The van der Waals surface area contributed by atoms with E-state index in [-0.39, 0.29) is 23.2 Å². The molecule has 4 nitrogen and oxygen atoms in total. The van der Waals surface area contributed by atoms with Crippen molar-refractivity contribution in [3.8, 4) is 0 Å². The number of rotatable bonds is 4. The van der Waals surface area contributed by atoms with Gasteiger partial charge in [-0.3, -0.25) is 9.59 Å². The van der Waals surface area contributed by atoms with Gasteiger partial charge in [0.2, 0.25) is 5.91 Å². The van der Waals surface area contributed by atoms with Crippen molar-refractivity contribution < 1.29 is 14.7 Å². The molecule has 0 bridgehead atoms. The molecule has 3 atom stereocenters. The number of amides is 1.